The molecular weight excluding hydrogens is 745 g/mol. The molecule has 4 aromatic rings. The Morgan fingerprint density at radius 2 is 1.69 bits per heavy atom. The highest BCUT2D eigenvalue weighted by molar-refractivity contribution is 6.04. The van der Waals surface area contributed by atoms with Crippen LogP contribution in [0.3, 0.4) is 0 Å². The number of pyridine rings is 1. The lowest BCUT2D eigenvalue weighted by molar-refractivity contribution is -0.136. The first-order valence-electron chi connectivity index (χ1n) is 21.0. The van der Waals surface area contributed by atoms with E-state index in [4.69, 9.17) is 9.72 Å². The number of ether oxygens (including phenoxy) is 1. The third-order valence-corrected chi connectivity index (χ3v) is 12.8. The summed E-state index contributed by atoms with van der Waals surface area (Å²) >= 11 is 0. The van der Waals surface area contributed by atoms with E-state index < -0.39 is 12.1 Å². The second-order valence-electron chi connectivity index (χ2n) is 18.0. The van der Waals surface area contributed by atoms with Crippen LogP contribution in [0.1, 0.15) is 87.9 Å². The maximum Gasteiger partial charge on any atom is 0.407 e. The van der Waals surface area contributed by atoms with E-state index in [0.29, 0.717) is 37.4 Å². The molecule has 3 fully saturated rings. The van der Waals surface area contributed by atoms with Crippen LogP contribution in [-0.4, -0.2) is 93.9 Å². The van der Waals surface area contributed by atoms with Gasteiger partial charge in [-0.1, -0.05) is 65.0 Å². The number of carbonyl (C=O) groups is 4. The summed E-state index contributed by atoms with van der Waals surface area (Å²) in [5.41, 5.74) is 7.70. The lowest BCUT2D eigenvalue weighted by Crippen LogP contribution is -2.54. The van der Waals surface area contributed by atoms with Crippen LogP contribution in [0.4, 0.5) is 16.3 Å². The zero-order chi connectivity index (χ0) is 41.7. The average Bonchev–Trinajstić information content (AvgIpc) is 3.49. The van der Waals surface area contributed by atoms with Crippen molar-refractivity contribution in [3.05, 3.63) is 83.4 Å². The van der Waals surface area contributed by atoms with Gasteiger partial charge in [0.15, 0.2) is 0 Å². The average molecular weight is 801 g/mol. The molecule has 4 heterocycles. The van der Waals surface area contributed by atoms with Crippen LogP contribution in [0.5, 0.6) is 0 Å². The number of alkyl carbamates (subject to hydrolysis) is 1. The number of aromatic amines is 1. The number of carbonyl (C=O) groups excluding carboxylic acids is 4. The molecule has 13 nitrogen and oxygen atoms in total. The Bertz CT molecular complexity index is 2250. The van der Waals surface area contributed by atoms with Crippen molar-refractivity contribution in [2.24, 2.45) is 23.2 Å². The topological polar surface area (TPSA) is 153 Å². The van der Waals surface area contributed by atoms with Crippen molar-refractivity contribution >= 4 is 35.3 Å². The number of rotatable bonds is 9. The number of piperazine rings is 1. The zero-order valence-corrected chi connectivity index (χ0v) is 35.2. The number of benzene rings is 2. The number of nitrogens with zero attached hydrogens (tertiary/aromatic N) is 5. The summed E-state index contributed by atoms with van der Waals surface area (Å²) in [6.07, 6.45) is 4.42. The van der Waals surface area contributed by atoms with Crippen molar-refractivity contribution in [1.82, 2.24) is 30.1 Å². The van der Waals surface area contributed by atoms with E-state index in [2.05, 4.69) is 71.4 Å². The Balaban J connectivity index is 0.898. The number of hydrogen-bond donors (Lipinski definition) is 3. The molecule has 2 aliphatic carbocycles. The standard InChI is InChI=1S/C46H56N8O5/c1-26(2)39(51-45(58)59-7)44(57)54-24-27(3)20-37(54)41-49-36-16-11-31-21-30(10-15-34(31)40(36)50-41)29-8-13-33(14-9-29)48-42(55)32-12-17-38(47-23-32)53-19-18-52(25-28(53)4)43(56)35-22-46(35,5)6/h8-10,12-15,17,21,23,26-28,35,37,39H,11,16,18-20,22,24-25H2,1-7H3,(H,48,55)(H,49,50)(H,51,58). The summed E-state index contributed by atoms with van der Waals surface area (Å²) in [6.45, 7) is 15.1. The quantitative estimate of drug-likeness (QED) is 0.166. The number of aryl methyl sites for hydroxylation is 2. The number of H-pyrrole nitrogens is 1. The summed E-state index contributed by atoms with van der Waals surface area (Å²) in [6, 6.07) is 17.2. The number of nitrogens with one attached hydrogen (secondary N) is 3. The van der Waals surface area contributed by atoms with Crippen LogP contribution in [-0.2, 0) is 27.2 Å². The highest BCUT2D eigenvalue weighted by Crippen LogP contribution is 2.52. The fourth-order valence-corrected chi connectivity index (χ4v) is 9.14. The van der Waals surface area contributed by atoms with Gasteiger partial charge in [-0.2, -0.15) is 0 Å². The van der Waals surface area contributed by atoms with Crippen molar-refractivity contribution in [2.45, 2.75) is 85.4 Å². The predicted molar refractivity (Wildman–Crippen MR) is 227 cm³/mol. The first-order chi connectivity index (χ1) is 28.2. The van der Waals surface area contributed by atoms with Crippen LogP contribution in [0.15, 0.2) is 60.8 Å². The Labute approximate surface area is 346 Å². The highest BCUT2D eigenvalue weighted by atomic mass is 16.5. The molecule has 13 heteroatoms. The number of hydrogen-bond acceptors (Lipinski definition) is 8. The van der Waals surface area contributed by atoms with Gasteiger partial charge < -0.3 is 35.1 Å². The number of amides is 4. The summed E-state index contributed by atoms with van der Waals surface area (Å²) in [5.74, 6) is 1.82. The largest absolute Gasteiger partial charge is 0.453 e. The molecule has 1 saturated carbocycles. The van der Waals surface area contributed by atoms with Crippen molar-refractivity contribution in [3.63, 3.8) is 0 Å². The molecule has 2 aliphatic heterocycles. The Morgan fingerprint density at radius 3 is 2.36 bits per heavy atom. The molecule has 2 aromatic heterocycles. The minimum absolute atomic E-state index is 0.109. The third-order valence-electron chi connectivity index (χ3n) is 12.8. The molecule has 0 bridgehead atoms. The van der Waals surface area contributed by atoms with Gasteiger partial charge in [-0.15, -0.1) is 0 Å². The predicted octanol–water partition coefficient (Wildman–Crippen LogP) is 6.86. The van der Waals surface area contributed by atoms with Gasteiger partial charge in [-0.25, -0.2) is 14.8 Å². The minimum atomic E-state index is -0.694. The molecule has 4 amide bonds. The fraction of sp³-hybridized carbons (Fsp3) is 0.478. The van der Waals surface area contributed by atoms with Crippen molar-refractivity contribution < 1.29 is 23.9 Å². The normalized spacial score (nSPS) is 22.3. The number of fused-ring (bicyclic) bond motifs is 3. The number of anilines is 2. The monoisotopic (exact) mass is 800 g/mol. The molecule has 3 N–H and O–H groups in total. The molecule has 4 aliphatic rings. The van der Waals surface area contributed by atoms with E-state index in [0.717, 1.165) is 65.4 Å². The van der Waals surface area contributed by atoms with Crippen LogP contribution in [0.25, 0.3) is 22.4 Å². The maximum atomic E-state index is 13.8. The molecule has 0 spiro atoms. The lowest BCUT2D eigenvalue weighted by Gasteiger charge is -2.40. The second kappa shape index (κ2) is 15.8. The fourth-order valence-electron chi connectivity index (χ4n) is 9.14. The van der Waals surface area contributed by atoms with Gasteiger partial charge in [0, 0.05) is 61.3 Å². The van der Waals surface area contributed by atoms with Gasteiger partial charge in [0.2, 0.25) is 11.8 Å². The maximum absolute atomic E-state index is 13.8. The van der Waals surface area contributed by atoms with Crippen LogP contribution in [0.2, 0.25) is 0 Å². The SMILES string of the molecule is COC(=O)NC(C(=O)N1CC(C)CC1c1nc2c([nH]1)CCc1cc(-c3ccc(NC(=O)c4ccc(N5CCN(C(=O)C6CC6(C)C)CC5C)nc4)cc3)ccc1-2)C(C)C. The van der Waals surface area contributed by atoms with Crippen molar-refractivity contribution in [3.8, 4) is 22.4 Å². The van der Waals surface area contributed by atoms with E-state index in [1.165, 1.54) is 12.7 Å². The van der Waals surface area contributed by atoms with Gasteiger partial charge in [0.25, 0.3) is 5.91 Å². The molecule has 2 aromatic carbocycles. The smallest absolute Gasteiger partial charge is 0.407 e. The van der Waals surface area contributed by atoms with Crippen LogP contribution < -0.4 is 15.5 Å². The molecule has 310 valence electrons. The molecular formula is C46H56N8O5. The van der Waals surface area contributed by atoms with Gasteiger partial charge in [-0.3, -0.25) is 14.4 Å². The van der Waals surface area contributed by atoms with E-state index in [9.17, 15) is 19.2 Å². The Hall–Kier alpha value is -5.72. The summed E-state index contributed by atoms with van der Waals surface area (Å²) in [7, 11) is 1.30. The van der Waals surface area contributed by atoms with Crippen LogP contribution in [0, 0.1) is 23.2 Å². The Kier molecular flexibility index (Phi) is 10.7. The lowest BCUT2D eigenvalue weighted by atomic mass is 9.89. The van der Waals surface area contributed by atoms with Crippen molar-refractivity contribution in [2.75, 3.05) is 43.5 Å². The molecule has 0 radical (unpaired) electrons. The number of imidazole rings is 1. The zero-order valence-electron chi connectivity index (χ0n) is 35.2. The first kappa shape index (κ1) is 40.1. The first-order valence-corrected chi connectivity index (χ1v) is 21.0. The second-order valence-corrected chi connectivity index (χ2v) is 18.0. The molecule has 2 saturated heterocycles. The van der Waals surface area contributed by atoms with Crippen LogP contribution >= 0.6 is 0 Å². The number of methoxy groups -OCH3 is 1. The molecule has 59 heavy (non-hydrogen) atoms. The summed E-state index contributed by atoms with van der Waals surface area (Å²) < 4.78 is 4.81. The van der Waals surface area contributed by atoms with E-state index in [1.54, 1.807) is 12.3 Å². The summed E-state index contributed by atoms with van der Waals surface area (Å²) in [5, 5.41) is 5.75. The van der Waals surface area contributed by atoms with Gasteiger partial charge >= 0.3 is 6.09 Å². The summed E-state index contributed by atoms with van der Waals surface area (Å²) in [4.78, 5) is 71.5. The van der Waals surface area contributed by atoms with E-state index in [1.807, 2.05) is 54.0 Å². The third kappa shape index (κ3) is 8.03. The highest BCUT2D eigenvalue weighted by Gasteiger charge is 2.52. The number of likely N-dealkylation sites (tertiary alicyclic amines) is 1. The van der Waals surface area contributed by atoms with E-state index in [-0.39, 0.29) is 53.0 Å². The Morgan fingerprint density at radius 1 is 0.949 bits per heavy atom. The molecule has 5 atom stereocenters. The van der Waals surface area contributed by atoms with Gasteiger partial charge in [-0.05, 0) is 90.8 Å². The van der Waals surface area contributed by atoms with E-state index >= 15 is 0 Å². The molecule has 8 rings (SSSR count). The minimum Gasteiger partial charge on any atom is -0.453 e. The van der Waals surface area contributed by atoms with Crippen molar-refractivity contribution in [1.29, 1.82) is 0 Å². The molecule has 5 unspecified atom stereocenters. The van der Waals surface area contributed by atoms with Gasteiger partial charge in [0.1, 0.15) is 17.7 Å². The number of aromatic nitrogens is 3. The van der Waals surface area contributed by atoms with Gasteiger partial charge in [0.05, 0.1) is 24.4 Å².